The van der Waals surface area contributed by atoms with Crippen LogP contribution in [0, 0.1) is 5.92 Å². The summed E-state index contributed by atoms with van der Waals surface area (Å²) < 4.78 is 5.17. The Morgan fingerprint density at radius 3 is 2.88 bits per heavy atom. The predicted octanol–water partition coefficient (Wildman–Crippen LogP) is 1.91. The first-order chi connectivity index (χ1) is 8.13. The zero-order valence-corrected chi connectivity index (χ0v) is 9.60. The minimum atomic E-state index is -0.898. The van der Waals surface area contributed by atoms with Crippen molar-refractivity contribution < 1.29 is 19.4 Å². The third-order valence-electron chi connectivity index (χ3n) is 3.15. The molecule has 1 aliphatic carbocycles. The summed E-state index contributed by atoms with van der Waals surface area (Å²) in [7, 11) is 1.52. The van der Waals surface area contributed by atoms with Gasteiger partial charge in [-0.25, -0.2) is 0 Å². The topological polar surface area (TPSA) is 63.6 Å². The van der Waals surface area contributed by atoms with Gasteiger partial charge in [-0.05, 0) is 24.5 Å². The normalized spacial score (nSPS) is 19.4. The van der Waals surface area contributed by atoms with Crippen LogP contribution in [0.1, 0.15) is 28.8 Å². The Morgan fingerprint density at radius 1 is 1.47 bits per heavy atom. The van der Waals surface area contributed by atoms with E-state index < -0.39 is 11.9 Å². The number of aryl methyl sites for hydroxylation is 1. The Morgan fingerprint density at radius 2 is 2.24 bits per heavy atom. The summed E-state index contributed by atoms with van der Waals surface area (Å²) in [6.45, 7) is 0. The molecule has 1 aromatic carbocycles. The van der Waals surface area contributed by atoms with Crippen LogP contribution < -0.4 is 4.74 Å². The summed E-state index contributed by atoms with van der Waals surface area (Å²) in [6, 6.07) is 5.42. The maximum atomic E-state index is 12.1. The molecule has 4 nitrogen and oxygen atoms in total. The van der Waals surface area contributed by atoms with Gasteiger partial charge in [0.15, 0.2) is 5.78 Å². The Hall–Kier alpha value is -1.84. The molecule has 0 amide bonds. The van der Waals surface area contributed by atoms with Gasteiger partial charge in [-0.15, -0.1) is 0 Å². The van der Waals surface area contributed by atoms with Crippen molar-refractivity contribution in [3.8, 4) is 5.75 Å². The number of ketones is 1. The van der Waals surface area contributed by atoms with E-state index >= 15 is 0 Å². The average Bonchev–Trinajstić information content (AvgIpc) is 2.49. The van der Waals surface area contributed by atoms with Crippen LogP contribution in [0.25, 0.3) is 0 Å². The zero-order valence-electron chi connectivity index (χ0n) is 9.60. The molecule has 0 bridgehead atoms. The van der Waals surface area contributed by atoms with Gasteiger partial charge in [0.1, 0.15) is 5.75 Å². The van der Waals surface area contributed by atoms with E-state index in [1.54, 1.807) is 6.07 Å². The summed E-state index contributed by atoms with van der Waals surface area (Å²) in [4.78, 5) is 23.0. The standard InChI is InChI=1S/C13H14O4/c1-17-11-4-2-3-8-5-6-9(13(15)16)7-10(14)12(8)11/h2-4,9H,5-7H2,1H3,(H,15,16). The highest BCUT2D eigenvalue weighted by molar-refractivity contribution is 6.02. The highest BCUT2D eigenvalue weighted by Crippen LogP contribution is 2.30. The number of carboxylic acid groups (broad SMARTS) is 1. The first-order valence-electron chi connectivity index (χ1n) is 5.55. The van der Waals surface area contributed by atoms with Crippen molar-refractivity contribution in [3.63, 3.8) is 0 Å². The van der Waals surface area contributed by atoms with E-state index in [9.17, 15) is 9.59 Å². The lowest BCUT2D eigenvalue weighted by atomic mass is 9.99. The summed E-state index contributed by atoms with van der Waals surface area (Å²) in [5.41, 5.74) is 1.44. The van der Waals surface area contributed by atoms with Crippen molar-refractivity contribution in [2.45, 2.75) is 19.3 Å². The Balaban J connectivity index is 2.41. The van der Waals surface area contributed by atoms with Gasteiger partial charge in [-0.3, -0.25) is 9.59 Å². The van der Waals surface area contributed by atoms with E-state index in [1.807, 2.05) is 12.1 Å². The Bertz CT molecular complexity index is 464. The molecule has 1 unspecified atom stereocenters. The van der Waals surface area contributed by atoms with Gasteiger partial charge in [0.2, 0.25) is 0 Å². The second kappa shape index (κ2) is 4.57. The number of carboxylic acids is 1. The molecule has 0 radical (unpaired) electrons. The monoisotopic (exact) mass is 234 g/mol. The largest absolute Gasteiger partial charge is 0.496 e. The molecule has 0 aliphatic heterocycles. The molecule has 0 saturated heterocycles. The first kappa shape index (κ1) is 11.6. The summed E-state index contributed by atoms with van der Waals surface area (Å²) in [5.74, 6) is -1.08. The Labute approximate surface area is 99.2 Å². The van der Waals surface area contributed by atoms with E-state index in [-0.39, 0.29) is 12.2 Å². The number of ether oxygens (including phenoxy) is 1. The quantitative estimate of drug-likeness (QED) is 0.794. The van der Waals surface area contributed by atoms with Crippen molar-refractivity contribution in [2.75, 3.05) is 7.11 Å². The van der Waals surface area contributed by atoms with Gasteiger partial charge in [0.25, 0.3) is 0 Å². The van der Waals surface area contributed by atoms with Crippen LogP contribution in [0.2, 0.25) is 0 Å². The maximum absolute atomic E-state index is 12.1. The highest BCUT2D eigenvalue weighted by atomic mass is 16.5. The second-order valence-corrected chi connectivity index (χ2v) is 4.20. The number of Topliss-reactive ketones (excluding diaryl/α,β-unsaturated/α-hetero) is 1. The molecule has 0 fully saturated rings. The number of rotatable bonds is 2. The number of methoxy groups -OCH3 is 1. The van der Waals surface area contributed by atoms with E-state index in [1.165, 1.54) is 7.11 Å². The van der Waals surface area contributed by atoms with Crippen LogP contribution in [0.15, 0.2) is 18.2 Å². The average molecular weight is 234 g/mol. The SMILES string of the molecule is COc1cccc2c1C(=O)CC(C(=O)O)CC2. The van der Waals surface area contributed by atoms with Crippen molar-refractivity contribution in [2.24, 2.45) is 5.92 Å². The smallest absolute Gasteiger partial charge is 0.306 e. The third-order valence-corrected chi connectivity index (χ3v) is 3.15. The molecule has 17 heavy (non-hydrogen) atoms. The molecule has 2 rings (SSSR count). The number of carbonyl (C=O) groups excluding carboxylic acids is 1. The van der Waals surface area contributed by atoms with Crippen molar-refractivity contribution in [1.82, 2.24) is 0 Å². The molecule has 4 heteroatoms. The van der Waals surface area contributed by atoms with E-state index in [0.717, 1.165) is 5.56 Å². The van der Waals surface area contributed by atoms with Crippen molar-refractivity contribution in [1.29, 1.82) is 0 Å². The molecule has 0 saturated carbocycles. The third kappa shape index (κ3) is 2.16. The number of fused-ring (bicyclic) bond motifs is 1. The molecule has 0 aromatic heterocycles. The maximum Gasteiger partial charge on any atom is 0.306 e. The second-order valence-electron chi connectivity index (χ2n) is 4.20. The summed E-state index contributed by atoms with van der Waals surface area (Å²) in [6.07, 6.45) is 1.17. The van der Waals surface area contributed by atoms with E-state index in [0.29, 0.717) is 24.2 Å². The highest BCUT2D eigenvalue weighted by Gasteiger charge is 2.28. The molecule has 90 valence electrons. The molecule has 1 aliphatic rings. The first-order valence-corrected chi connectivity index (χ1v) is 5.55. The Kier molecular flexibility index (Phi) is 3.13. The summed E-state index contributed by atoms with van der Waals surface area (Å²) in [5, 5.41) is 9.00. The fourth-order valence-corrected chi connectivity index (χ4v) is 2.24. The van der Waals surface area contributed by atoms with Crippen LogP contribution in [0.4, 0.5) is 0 Å². The number of benzene rings is 1. The molecular weight excluding hydrogens is 220 g/mol. The minimum absolute atomic E-state index is 0.0582. The van der Waals surface area contributed by atoms with Crippen LogP contribution in [0.5, 0.6) is 5.75 Å². The lowest BCUT2D eigenvalue weighted by Crippen LogP contribution is -2.16. The van der Waals surface area contributed by atoms with Gasteiger partial charge in [-0.2, -0.15) is 0 Å². The number of hydrogen-bond acceptors (Lipinski definition) is 3. The van der Waals surface area contributed by atoms with Crippen LogP contribution in [0.3, 0.4) is 0 Å². The fraction of sp³-hybridized carbons (Fsp3) is 0.385. The predicted molar refractivity (Wildman–Crippen MR) is 61.4 cm³/mol. The molecule has 1 aromatic rings. The van der Waals surface area contributed by atoms with Crippen molar-refractivity contribution in [3.05, 3.63) is 29.3 Å². The van der Waals surface area contributed by atoms with Gasteiger partial charge in [0.05, 0.1) is 18.6 Å². The minimum Gasteiger partial charge on any atom is -0.496 e. The molecule has 1 N–H and O–H groups in total. The van der Waals surface area contributed by atoms with Gasteiger partial charge in [0, 0.05) is 6.42 Å². The van der Waals surface area contributed by atoms with Crippen molar-refractivity contribution >= 4 is 11.8 Å². The molecule has 0 heterocycles. The van der Waals surface area contributed by atoms with Gasteiger partial charge < -0.3 is 9.84 Å². The molecule has 1 atom stereocenters. The van der Waals surface area contributed by atoms with Gasteiger partial charge in [-0.1, -0.05) is 12.1 Å². The van der Waals surface area contributed by atoms with Crippen LogP contribution >= 0.6 is 0 Å². The lowest BCUT2D eigenvalue weighted by Gasteiger charge is -2.09. The lowest BCUT2D eigenvalue weighted by molar-refractivity contribution is -0.141. The summed E-state index contributed by atoms with van der Waals surface area (Å²) >= 11 is 0. The zero-order chi connectivity index (χ0) is 12.4. The van der Waals surface area contributed by atoms with E-state index in [4.69, 9.17) is 9.84 Å². The number of carbonyl (C=O) groups is 2. The van der Waals surface area contributed by atoms with Crippen LogP contribution in [-0.4, -0.2) is 24.0 Å². The number of aliphatic carboxylic acids is 1. The fourth-order valence-electron chi connectivity index (χ4n) is 2.24. The van der Waals surface area contributed by atoms with Crippen LogP contribution in [-0.2, 0) is 11.2 Å². The van der Waals surface area contributed by atoms with Gasteiger partial charge >= 0.3 is 5.97 Å². The number of hydrogen-bond donors (Lipinski definition) is 1. The molecule has 0 spiro atoms. The van der Waals surface area contributed by atoms with E-state index in [2.05, 4.69) is 0 Å². The molecular formula is C13H14O4.